The van der Waals surface area contributed by atoms with E-state index in [0.29, 0.717) is 17.6 Å². The summed E-state index contributed by atoms with van der Waals surface area (Å²) < 4.78 is 5.55. The summed E-state index contributed by atoms with van der Waals surface area (Å²) in [7, 11) is 0. The summed E-state index contributed by atoms with van der Waals surface area (Å²) in [6.07, 6.45) is 10.5. The van der Waals surface area contributed by atoms with Gasteiger partial charge in [0, 0.05) is 5.41 Å². The molecule has 0 aromatic rings. The molecule has 2 heteroatoms. The Morgan fingerprint density at radius 3 is 2.83 bits per heavy atom. The van der Waals surface area contributed by atoms with E-state index in [1.807, 2.05) is 0 Å². The highest BCUT2D eigenvalue weighted by Gasteiger charge is 2.56. The third kappa shape index (κ3) is 0.732. The normalized spacial score (nSPS) is 42.0. The predicted octanol–water partition coefficient (Wildman–Crippen LogP) is 2.14. The van der Waals surface area contributed by atoms with Crippen LogP contribution >= 0.6 is 0 Å². The molecule has 3 aliphatic rings. The zero-order valence-electron chi connectivity index (χ0n) is 7.33. The van der Waals surface area contributed by atoms with Crippen LogP contribution < -0.4 is 0 Å². The number of aliphatic imine (C=N–C) groups is 1. The van der Waals surface area contributed by atoms with Crippen molar-refractivity contribution >= 4 is 6.40 Å². The van der Waals surface area contributed by atoms with Crippen molar-refractivity contribution in [1.29, 1.82) is 0 Å². The average molecular weight is 165 g/mol. The van der Waals surface area contributed by atoms with E-state index in [4.69, 9.17) is 4.74 Å². The molecule has 0 aromatic carbocycles. The standard InChI is InChI=1S/C10H15NO/c1-2-4-10(5-3-1)6-8-9(10)12-7-11-8/h7-9H,1-6H2/t8-,9?/m1/s1. The molecule has 66 valence electrons. The van der Waals surface area contributed by atoms with Crippen molar-refractivity contribution in [2.24, 2.45) is 10.4 Å². The van der Waals surface area contributed by atoms with Crippen molar-refractivity contribution in [3.8, 4) is 0 Å². The summed E-state index contributed by atoms with van der Waals surface area (Å²) in [6.45, 7) is 0. The summed E-state index contributed by atoms with van der Waals surface area (Å²) in [6, 6.07) is 0.531. The molecule has 0 bridgehead atoms. The Hall–Kier alpha value is -0.530. The lowest BCUT2D eigenvalue weighted by Gasteiger charge is -2.51. The lowest BCUT2D eigenvalue weighted by molar-refractivity contribution is -0.0748. The van der Waals surface area contributed by atoms with Crippen LogP contribution in [0.1, 0.15) is 38.5 Å². The van der Waals surface area contributed by atoms with Gasteiger partial charge in [-0.1, -0.05) is 19.3 Å². The van der Waals surface area contributed by atoms with Crippen LogP contribution in [0.2, 0.25) is 0 Å². The molecule has 2 atom stereocenters. The first kappa shape index (κ1) is 6.93. The van der Waals surface area contributed by atoms with Crippen LogP contribution in [0.4, 0.5) is 0 Å². The van der Waals surface area contributed by atoms with E-state index in [1.54, 1.807) is 6.40 Å². The van der Waals surface area contributed by atoms with Crippen LogP contribution in [-0.2, 0) is 4.74 Å². The average Bonchev–Trinajstić information content (AvgIpc) is 2.49. The zero-order valence-corrected chi connectivity index (χ0v) is 7.33. The molecule has 2 nitrogen and oxygen atoms in total. The molecule has 0 N–H and O–H groups in total. The second-order valence-electron chi connectivity index (χ2n) is 4.51. The van der Waals surface area contributed by atoms with Gasteiger partial charge in [0.25, 0.3) is 0 Å². The van der Waals surface area contributed by atoms with Gasteiger partial charge in [-0.3, -0.25) is 4.99 Å². The number of rotatable bonds is 0. The van der Waals surface area contributed by atoms with Gasteiger partial charge in [-0.15, -0.1) is 0 Å². The highest BCUT2D eigenvalue weighted by atomic mass is 16.5. The summed E-state index contributed by atoms with van der Waals surface area (Å²) in [5.74, 6) is 0. The molecule has 12 heavy (non-hydrogen) atoms. The van der Waals surface area contributed by atoms with Crippen LogP contribution in [-0.4, -0.2) is 18.5 Å². The van der Waals surface area contributed by atoms with Crippen LogP contribution in [0.25, 0.3) is 0 Å². The molecule has 3 rings (SSSR count). The van der Waals surface area contributed by atoms with Gasteiger partial charge >= 0.3 is 0 Å². The van der Waals surface area contributed by atoms with Gasteiger partial charge in [0.2, 0.25) is 0 Å². The van der Waals surface area contributed by atoms with E-state index in [2.05, 4.69) is 4.99 Å². The van der Waals surface area contributed by atoms with E-state index < -0.39 is 0 Å². The lowest BCUT2D eigenvalue weighted by Crippen LogP contribution is -2.55. The van der Waals surface area contributed by atoms with E-state index in [9.17, 15) is 0 Å². The number of nitrogens with zero attached hydrogens (tertiary/aromatic N) is 1. The molecule has 0 radical (unpaired) electrons. The van der Waals surface area contributed by atoms with Crippen LogP contribution in [0, 0.1) is 5.41 Å². The third-order valence-electron chi connectivity index (χ3n) is 3.88. The summed E-state index contributed by atoms with van der Waals surface area (Å²) in [4.78, 5) is 4.31. The molecule has 1 heterocycles. The maximum Gasteiger partial charge on any atom is 0.170 e. The minimum atomic E-state index is 0.470. The summed E-state index contributed by atoms with van der Waals surface area (Å²) >= 11 is 0. The minimum Gasteiger partial charge on any atom is -0.477 e. The Bertz CT molecular complexity index is 218. The summed E-state index contributed by atoms with van der Waals surface area (Å²) in [5.41, 5.74) is 0.555. The van der Waals surface area contributed by atoms with Gasteiger partial charge in [0.1, 0.15) is 6.10 Å². The Balaban J connectivity index is 1.77. The van der Waals surface area contributed by atoms with Gasteiger partial charge in [0.05, 0.1) is 6.04 Å². The van der Waals surface area contributed by atoms with Gasteiger partial charge in [-0.2, -0.15) is 0 Å². The minimum absolute atomic E-state index is 0.470. The van der Waals surface area contributed by atoms with Gasteiger partial charge < -0.3 is 4.74 Å². The Labute approximate surface area is 73.0 Å². The molecule has 2 fully saturated rings. The molecule has 1 aliphatic heterocycles. The van der Waals surface area contributed by atoms with Crippen LogP contribution in [0.15, 0.2) is 4.99 Å². The molecule has 1 spiro atoms. The van der Waals surface area contributed by atoms with E-state index >= 15 is 0 Å². The Morgan fingerprint density at radius 2 is 2.08 bits per heavy atom. The second kappa shape index (κ2) is 2.24. The van der Waals surface area contributed by atoms with E-state index in [-0.39, 0.29) is 0 Å². The molecule has 1 unspecified atom stereocenters. The van der Waals surface area contributed by atoms with Gasteiger partial charge in [-0.05, 0) is 19.3 Å². The van der Waals surface area contributed by atoms with Gasteiger partial charge in [0.15, 0.2) is 6.40 Å². The van der Waals surface area contributed by atoms with E-state index in [1.165, 1.54) is 38.5 Å². The SMILES string of the molecule is C1=N[C@@H]2CC3(CCCCC3)C2O1. The lowest BCUT2D eigenvalue weighted by atomic mass is 9.56. The van der Waals surface area contributed by atoms with Crippen molar-refractivity contribution in [1.82, 2.24) is 0 Å². The van der Waals surface area contributed by atoms with Crippen LogP contribution in [0.3, 0.4) is 0 Å². The highest BCUT2D eigenvalue weighted by molar-refractivity contribution is 5.51. The molecule has 0 amide bonds. The fraction of sp³-hybridized carbons (Fsp3) is 0.900. The number of hydrogen-bond acceptors (Lipinski definition) is 2. The number of hydrogen-bond donors (Lipinski definition) is 0. The molecule has 2 aliphatic carbocycles. The van der Waals surface area contributed by atoms with Crippen LogP contribution in [0.5, 0.6) is 0 Å². The largest absolute Gasteiger partial charge is 0.477 e. The Kier molecular flexibility index (Phi) is 1.29. The quantitative estimate of drug-likeness (QED) is 0.539. The van der Waals surface area contributed by atoms with Crippen molar-refractivity contribution in [2.45, 2.75) is 50.7 Å². The fourth-order valence-corrected chi connectivity index (χ4v) is 3.18. The second-order valence-corrected chi connectivity index (χ2v) is 4.51. The smallest absolute Gasteiger partial charge is 0.170 e. The first-order chi connectivity index (χ1) is 5.91. The monoisotopic (exact) mass is 165 g/mol. The molecule has 0 saturated heterocycles. The highest BCUT2D eigenvalue weighted by Crippen LogP contribution is 2.55. The van der Waals surface area contributed by atoms with E-state index in [0.717, 1.165) is 0 Å². The number of ether oxygens (including phenoxy) is 1. The predicted molar refractivity (Wildman–Crippen MR) is 47.3 cm³/mol. The Morgan fingerprint density at radius 1 is 1.25 bits per heavy atom. The fourth-order valence-electron chi connectivity index (χ4n) is 3.18. The van der Waals surface area contributed by atoms with Crippen molar-refractivity contribution < 1.29 is 4.74 Å². The van der Waals surface area contributed by atoms with Gasteiger partial charge in [-0.25, -0.2) is 0 Å². The first-order valence-electron chi connectivity index (χ1n) is 5.08. The molecule has 2 saturated carbocycles. The van der Waals surface area contributed by atoms with Crippen molar-refractivity contribution in [2.75, 3.05) is 0 Å². The molecular formula is C10H15NO. The first-order valence-corrected chi connectivity index (χ1v) is 5.08. The topological polar surface area (TPSA) is 21.6 Å². The maximum absolute atomic E-state index is 5.55. The van der Waals surface area contributed by atoms with Crippen molar-refractivity contribution in [3.05, 3.63) is 0 Å². The maximum atomic E-state index is 5.55. The summed E-state index contributed by atoms with van der Waals surface area (Å²) in [5, 5.41) is 0. The molecular weight excluding hydrogens is 150 g/mol. The zero-order chi connectivity index (χ0) is 8.02. The third-order valence-corrected chi connectivity index (χ3v) is 3.88. The number of fused-ring (bicyclic) bond motifs is 2. The van der Waals surface area contributed by atoms with Crippen molar-refractivity contribution in [3.63, 3.8) is 0 Å². The molecule has 0 aromatic heterocycles.